The van der Waals surface area contributed by atoms with E-state index in [4.69, 9.17) is 0 Å². The van der Waals surface area contributed by atoms with E-state index in [2.05, 4.69) is 18.7 Å². The highest BCUT2D eigenvalue weighted by atomic mass is 16.3. The van der Waals surface area contributed by atoms with Crippen molar-refractivity contribution in [2.45, 2.75) is 69.4 Å². The van der Waals surface area contributed by atoms with Gasteiger partial charge in [0.2, 0.25) is 0 Å². The number of aryl methyl sites for hydroxylation is 1. The average molecular weight is 355 g/mol. The summed E-state index contributed by atoms with van der Waals surface area (Å²) in [5.41, 5.74) is 1.67. The standard InChI is InChI=1S/C22H29NO3/c1-13-3-6-18(24)16-11-17-19(25)7-8-22(26)14(2)23(12-15-4-5-15)10-9-21(17,22)20(13)16/h3,6,14-15,17,24,26H,4-5,7-12H2,1-2H3/t14-,17?,21-,22-/m1/s1. The highest BCUT2D eigenvalue weighted by molar-refractivity contribution is 5.87. The number of nitrogens with zero attached hydrogens (tertiary/aromatic N) is 1. The first-order valence-corrected chi connectivity index (χ1v) is 10.2. The van der Waals surface area contributed by atoms with Crippen LogP contribution < -0.4 is 0 Å². The first-order valence-electron chi connectivity index (χ1n) is 10.2. The van der Waals surface area contributed by atoms with Crippen LogP contribution in [0.25, 0.3) is 0 Å². The Kier molecular flexibility index (Phi) is 3.43. The minimum atomic E-state index is -0.900. The van der Waals surface area contributed by atoms with E-state index in [0.29, 0.717) is 19.3 Å². The van der Waals surface area contributed by atoms with Crippen LogP contribution in [-0.2, 0) is 16.6 Å². The van der Waals surface area contributed by atoms with E-state index in [1.165, 1.54) is 12.8 Å². The fraction of sp³-hybridized carbons (Fsp3) is 0.682. The molecule has 4 nitrogen and oxygen atoms in total. The molecule has 3 fully saturated rings. The number of carbonyl (C=O) groups excluding carboxylic acids is 1. The van der Waals surface area contributed by atoms with Crippen LogP contribution in [-0.4, -0.2) is 45.6 Å². The molecule has 1 aromatic rings. The second kappa shape index (κ2) is 5.32. The van der Waals surface area contributed by atoms with Crippen molar-refractivity contribution < 1.29 is 15.0 Å². The number of fused-ring (bicyclic) bond motifs is 1. The van der Waals surface area contributed by atoms with Crippen LogP contribution in [0, 0.1) is 18.8 Å². The average Bonchev–Trinajstić information content (AvgIpc) is 3.35. The van der Waals surface area contributed by atoms with Crippen LogP contribution in [0.1, 0.15) is 55.7 Å². The fourth-order valence-corrected chi connectivity index (χ4v) is 6.55. The second-order valence-electron chi connectivity index (χ2n) is 9.24. The number of hydrogen-bond donors (Lipinski definition) is 2. The molecule has 140 valence electrons. The van der Waals surface area contributed by atoms with Crippen molar-refractivity contribution in [2.24, 2.45) is 11.8 Å². The van der Waals surface area contributed by atoms with Gasteiger partial charge in [0.15, 0.2) is 0 Å². The molecule has 5 rings (SSSR count). The number of benzene rings is 1. The number of carbonyl (C=O) groups is 1. The zero-order valence-corrected chi connectivity index (χ0v) is 15.8. The minimum Gasteiger partial charge on any atom is -0.508 e. The van der Waals surface area contributed by atoms with Gasteiger partial charge in [0.05, 0.1) is 5.60 Å². The summed E-state index contributed by atoms with van der Waals surface area (Å²) >= 11 is 0. The predicted octanol–water partition coefficient (Wildman–Crippen LogP) is 2.71. The smallest absolute Gasteiger partial charge is 0.137 e. The molecule has 26 heavy (non-hydrogen) atoms. The molecule has 1 spiro atoms. The molecule has 4 atom stereocenters. The topological polar surface area (TPSA) is 60.8 Å². The van der Waals surface area contributed by atoms with E-state index in [0.717, 1.165) is 42.1 Å². The van der Waals surface area contributed by atoms with Crippen LogP contribution in [0.2, 0.25) is 0 Å². The van der Waals surface area contributed by atoms with Gasteiger partial charge in [-0.3, -0.25) is 9.69 Å². The Balaban J connectivity index is 1.67. The number of aromatic hydroxyl groups is 1. The number of hydrogen-bond acceptors (Lipinski definition) is 4. The summed E-state index contributed by atoms with van der Waals surface area (Å²) in [6.45, 7) is 6.23. The molecule has 0 aromatic heterocycles. The number of Topliss-reactive ketones (excluding diaryl/α,β-unsaturated/α-hetero) is 1. The van der Waals surface area contributed by atoms with E-state index in [9.17, 15) is 15.0 Å². The monoisotopic (exact) mass is 355 g/mol. The Labute approximate surface area is 155 Å². The van der Waals surface area contributed by atoms with Crippen molar-refractivity contribution in [2.75, 3.05) is 13.1 Å². The molecular formula is C22H29NO3. The summed E-state index contributed by atoms with van der Waals surface area (Å²) in [6, 6.07) is 3.74. The van der Waals surface area contributed by atoms with Crippen LogP contribution in [0.15, 0.2) is 12.1 Å². The molecule has 0 bridgehead atoms. The number of piperidine rings is 1. The molecule has 1 unspecified atom stereocenters. The Bertz CT molecular complexity index is 786. The SMILES string of the molecule is Cc1ccc(O)c2c1[C@]13CCN(CC4CC4)[C@H](C)[C@]1(O)CCC(=O)C3C2. The first kappa shape index (κ1) is 16.8. The summed E-state index contributed by atoms with van der Waals surface area (Å²) in [5.74, 6) is 1.16. The number of aliphatic hydroxyl groups is 1. The molecule has 2 saturated carbocycles. The molecule has 0 radical (unpaired) electrons. The third-order valence-corrected chi connectivity index (χ3v) is 8.08. The summed E-state index contributed by atoms with van der Waals surface area (Å²) in [7, 11) is 0. The van der Waals surface area contributed by atoms with Crippen molar-refractivity contribution in [1.29, 1.82) is 0 Å². The van der Waals surface area contributed by atoms with E-state index >= 15 is 0 Å². The van der Waals surface area contributed by atoms with Gasteiger partial charge in [-0.25, -0.2) is 0 Å². The van der Waals surface area contributed by atoms with Crippen LogP contribution in [0.4, 0.5) is 0 Å². The summed E-state index contributed by atoms with van der Waals surface area (Å²) in [4.78, 5) is 15.4. The first-order chi connectivity index (χ1) is 12.4. The van der Waals surface area contributed by atoms with Gasteiger partial charge in [-0.1, -0.05) is 6.07 Å². The molecule has 1 aromatic carbocycles. The molecule has 1 saturated heterocycles. The van der Waals surface area contributed by atoms with E-state index < -0.39 is 11.0 Å². The van der Waals surface area contributed by atoms with Crippen molar-refractivity contribution in [1.82, 2.24) is 4.90 Å². The number of phenolic OH excluding ortho intramolecular Hbond substituents is 1. The van der Waals surface area contributed by atoms with Crippen molar-refractivity contribution in [3.8, 4) is 5.75 Å². The second-order valence-corrected chi connectivity index (χ2v) is 9.24. The van der Waals surface area contributed by atoms with Gasteiger partial charge in [-0.2, -0.15) is 0 Å². The largest absolute Gasteiger partial charge is 0.508 e. The normalized spacial score (nSPS) is 39.4. The predicted molar refractivity (Wildman–Crippen MR) is 99.3 cm³/mol. The maximum absolute atomic E-state index is 12.9. The Morgan fingerprint density at radius 3 is 2.77 bits per heavy atom. The van der Waals surface area contributed by atoms with Gasteiger partial charge in [0, 0.05) is 30.3 Å². The quantitative estimate of drug-likeness (QED) is 0.856. The Hall–Kier alpha value is -1.39. The Morgan fingerprint density at radius 2 is 2.04 bits per heavy atom. The zero-order valence-electron chi connectivity index (χ0n) is 15.8. The molecule has 0 amide bonds. The number of rotatable bonds is 2. The summed E-state index contributed by atoms with van der Waals surface area (Å²) in [5, 5.41) is 22.6. The molecular weight excluding hydrogens is 326 g/mol. The van der Waals surface area contributed by atoms with Crippen molar-refractivity contribution in [3.63, 3.8) is 0 Å². The lowest BCUT2D eigenvalue weighted by atomic mass is 9.51. The molecule has 1 heterocycles. The van der Waals surface area contributed by atoms with Gasteiger partial charge in [0.25, 0.3) is 0 Å². The summed E-state index contributed by atoms with van der Waals surface area (Å²) in [6.07, 6.45) is 5.01. The lowest BCUT2D eigenvalue weighted by Gasteiger charge is -2.61. The highest BCUT2D eigenvalue weighted by Crippen LogP contribution is 2.62. The van der Waals surface area contributed by atoms with Crippen molar-refractivity contribution >= 4 is 5.78 Å². The molecule has 4 aliphatic rings. The van der Waals surface area contributed by atoms with Gasteiger partial charge >= 0.3 is 0 Å². The van der Waals surface area contributed by atoms with E-state index in [-0.39, 0.29) is 23.5 Å². The fourth-order valence-electron chi connectivity index (χ4n) is 6.55. The third-order valence-electron chi connectivity index (χ3n) is 8.08. The third kappa shape index (κ3) is 1.95. The molecule has 2 N–H and O–H groups in total. The van der Waals surface area contributed by atoms with Crippen LogP contribution >= 0.6 is 0 Å². The number of phenols is 1. The van der Waals surface area contributed by atoms with E-state index in [1.54, 1.807) is 6.07 Å². The highest BCUT2D eigenvalue weighted by Gasteiger charge is 2.68. The lowest BCUT2D eigenvalue weighted by Crippen LogP contribution is -2.72. The number of ketones is 1. The zero-order chi connectivity index (χ0) is 18.3. The molecule has 1 aliphatic heterocycles. The minimum absolute atomic E-state index is 0.0418. The Morgan fingerprint density at radius 1 is 1.27 bits per heavy atom. The van der Waals surface area contributed by atoms with Crippen LogP contribution in [0.3, 0.4) is 0 Å². The molecule has 4 heteroatoms. The van der Waals surface area contributed by atoms with Gasteiger partial charge in [-0.05, 0) is 81.2 Å². The maximum atomic E-state index is 12.9. The van der Waals surface area contributed by atoms with Gasteiger partial charge in [-0.15, -0.1) is 0 Å². The maximum Gasteiger partial charge on any atom is 0.137 e. The number of likely N-dealkylation sites (tertiary alicyclic amines) is 1. The van der Waals surface area contributed by atoms with Gasteiger partial charge < -0.3 is 10.2 Å². The van der Waals surface area contributed by atoms with Crippen molar-refractivity contribution in [3.05, 3.63) is 28.8 Å². The van der Waals surface area contributed by atoms with Crippen LogP contribution in [0.5, 0.6) is 5.75 Å². The van der Waals surface area contributed by atoms with E-state index in [1.807, 2.05) is 6.07 Å². The summed E-state index contributed by atoms with van der Waals surface area (Å²) < 4.78 is 0. The lowest BCUT2D eigenvalue weighted by molar-refractivity contribution is -0.177. The van der Waals surface area contributed by atoms with Gasteiger partial charge in [0.1, 0.15) is 11.5 Å². The molecule has 3 aliphatic carbocycles.